The van der Waals surface area contributed by atoms with Gasteiger partial charge >= 0.3 is 0 Å². The minimum Gasteiger partial charge on any atom is -0.329 e. The Morgan fingerprint density at radius 1 is 0.957 bits per heavy atom. The van der Waals surface area contributed by atoms with Crippen LogP contribution in [0.25, 0.3) is 0 Å². The molecule has 6 heteroatoms. The van der Waals surface area contributed by atoms with Gasteiger partial charge in [-0.15, -0.1) is 0 Å². The molecule has 1 fully saturated rings. The molecule has 1 aliphatic rings. The molecular weight excluding hydrogens is 315 g/mol. The van der Waals surface area contributed by atoms with Crippen LogP contribution in [0, 0.1) is 5.82 Å². The lowest BCUT2D eigenvalue weighted by atomic mass is 10.2. The van der Waals surface area contributed by atoms with Crippen molar-refractivity contribution in [2.45, 2.75) is 11.4 Å². The molecule has 1 N–H and O–H groups in total. The first kappa shape index (κ1) is 16.1. The number of hydrogen-bond acceptors (Lipinski definition) is 2. The third-order valence-electron chi connectivity index (χ3n) is 4.18. The number of halogens is 1. The van der Waals surface area contributed by atoms with Crippen LogP contribution in [0.15, 0.2) is 59.5 Å². The van der Waals surface area contributed by atoms with Crippen molar-refractivity contribution in [3.63, 3.8) is 0 Å². The van der Waals surface area contributed by atoms with Crippen LogP contribution in [0.5, 0.6) is 0 Å². The van der Waals surface area contributed by atoms with Gasteiger partial charge in [-0.2, -0.15) is 4.31 Å². The Hall–Kier alpha value is -1.76. The molecule has 1 aliphatic heterocycles. The van der Waals surface area contributed by atoms with Crippen molar-refractivity contribution in [2.75, 3.05) is 26.2 Å². The predicted molar refractivity (Wildman–Crippen MR) is 86.0 cm³/mol. The molecule has 0 radical (unpaired) electrons. The smallest absolute Gasteiger partial charge is 0.243 e. The summed E-state index contributed by atoms with van der Waals surface area (Å²) >= 11 is 0. The van der Waals surface area contributed by atoms with Crippen molar-refractivity contribution >= 4 is 10.0 Å². The summed E-state index contributed by atoms with van der Waals surface area (Å²) in [5.74, 6) is -0.234. The largest absolute Gasteiger partial charge is 0.329 e. The van der Waals surface area contributed by atoms with Gasteiger partial charge in [-0.05, 0) is 24.3 Å². The van der Waals surface area contributed by atoms with Gasteiger partial charge in [-0.25, -0.2) is 12.8 Å². The Labute approximate surface area is 136 Å². The minimum atomic E-state index is -3.39. The number of quaternary nitrogens is 1. The zero-order valence-corrected chi connectivity index (χ0v) is 13.6. The van der Waals surface area contributed by atoms with Gasteiger partial charge in [0.25, 0.3) is 0 Å². The molecule has 0 atom stereocenters. The number of benzene rings is 2. The molecule has 0 unspecified atom stereocenters. The first-order valence-corrected chi connectivity index (χ1v) is 9.13. The molecular formula is C17H20FN2O2S+. The van der Waals surface area contributed by atoms with Crippen molar-refractivity contribution in [2.24, 2.45) is 0 Å². The highest BCUT2D eigenvalue weighted by Crippen LogP contribution is 2.14. The molecule has 0 aromatic heterocycles. The number of piperazine rings is 1. The maximum Gasteiger partial charge on any atom is 0.243 e. The lowest BCUT2D eigenvalue weighted by Crippen LogP contribution is -3.13. The van der Waals surface area contributed by atoms with Gasteiger partial charge in [0.1, 0.15) is 12.4 Å². The van der Waals surface area contributed by atoms with E-state index >= 15 is 0 Å². The van der Waals surface area contributed by atoms with Gasteiger partial charge in [0.2, 0.25) is 10.0 Å². The number of hydrogen-bond donors (Lipinski definition) is 1. The zero-order chi connectivity index (χ0) is 16.3. The molecule has 2 aromatic carbocycles. The molecule has 1 heterocycles. The van der Waals surface area contributed by atoms with Gasteiger partial charge in [-0.1, -0.05) is 30.3 Å². The van der Waals surface area contributed by atoms with Gasteiger partial charge in [0.15, 0.2) is 0 Å². The summed E-state index contributed by atoms with van der Waals surface area (Å²) < 4.78 is 39.6. The quantitative estimate of drug-likeness (QED) is 0.903. The molecule has 0 spiro atoms. The lowest BCUT2D eigenvalue weighted by molar-refractivity contribution is -0.917. The molecule has 122 valence electrons. The SMILES string of the molecule is O=S(=O)(c1ccccc1)N1CC[NH+](Cc2ccc(F)cc2)CC1. The molecule has 0 aliphatic carbocycles. The third-order valence-corrected chi connectivity index (χ3v) is 6.09. The van der Waals surface area contributed by atoms with E-state index in [1.807, 2.05) is 6.07 Å². The maximum absolute atomic E-state index is 12.9. The van der Waals surface area contributed by atoms with Crippen molar-refractivity contribution in [1.29, 1.82) is 0 Å². The van der Waals surface area contributed by atoms with E-state index in [0.717, 1.165) is 25.2 Å². The molecule has 3 rings (SSSR count). The standard InChI is InChI=1S/C17H19FN2O2S/c18-16-8-6-15(7-9-16)14-19-10-12-20(13-11-19)23(21,22)17-4-2-1-3-5-17/h1-9H,10-14H2/p+1. The fourth-order valence-electron chi connectivity index (χ4n) is 2.85. The minimum absolute atomic E-state index is 0.234. The summed E-state index contributed by atoms with van der Waals surface area (Å²) in [5, 5.41) is 0. The van der Waals surface area contributed by atoms with E-state index in [4.69, 9.17) is 0 Å². The van der Waals surface area contributed by atoms with E-state index < -0.39 is 10.0 Å². The van der Waals surface area contributed by atoms with E-state index in [1.165, 1.54) is 17.0 Å². The summed E-state index contributed by atoms with van der Waals surface area (Å²) in [4.78, 5) is 1.66. The van der Waals surface area contributed by atoms with Crippen molar-refractivity contribution in [1.82, 2.24) is 4.31 Å². The highest BCUT2D eigenvalue weighted by atomic mass is 32.2. The molecule has 2 aromatic rings. The van der Waals surface area contributed by atoms with Crippen LogP contribution >= 0.6 is 0 Å². The van der Waals surface area contributed by atoms with Crippen LogP contribution in [-0.2, 0) is 16.6 Å². The second kappa shape index (κ2) is 6.78. The van der Waals surface area contributed by atoms with E-state index in [9.17, 15) is 12.8 Å². The topological polar surface area (TPSA) is 41.8 Å². The highest BCUT2D eigenvalue weighted by molar-refractivity contribution is 7.89. The molecule has 0 saturated carbocycles. The lowest BCUT2D eigenvalue weighted by Gasteiger charge is -2.31. The van der Waals surface area contributed by atoms with Gasteiger partial charge < -0.3 is 4.90 Å². The van der Waals surface area contributed by atoms with Crippen molar-refractivity contribution in [3.8, 4) is 0 Å². The van der Waals surface area contributed by atoms with Crippen molar-refractivity contribution in [3.05, 3.63) is 66.0 Å². The highest BCUT2D eigenvalue weighted by Gasteiger charge is 2.30. The second-order valence-electron chi connectivity index (χ2n) is 5.77. The van der Waals surface area contributed by atoms with Crippen LogP contribution in [0.1, 0.15) is 5.56 Å². The van der Waals surface area contributed by atoms with Crippen LogP contribution in [-0.4, -0.2) is 38.9 Å². The van der Waals surface area contributed by atoms with Gasteiger partial charge in [-0.3, -0.25) is 0 Å². The number of rotatable bonds is 4. The van der Waals surface area contributed by atoms with Gasteiger partial charge in [0.05, 0.1) is 31.1 Å². The van der Waals surface area contributed by atoms with E-state index in [-0.39, 0.29) is 5.82 Å². The average Bonchev–Trinajstić information content (AvgIpc) is 2.58. The van der Waals surface area contributed by atoms with Crippen LogP contribution in [0.3, 0.4) is 0 Å². The normalized spacial score (nSPS) is 17.3. The Kier molecular flexibility index (Phi) is 4.75. The molecule has 4 nitrogen and oxygen atoms in total. The zero-order valence-electron chi connectivity index (χ0n) is 12.8. The number of sulfonamides is 1. The average molecular weight is 335 g/mol. The van der Waals surface area contributed by atoms with Crippen LogP contribution in [0.2, 0.25) is 0 Å². The van der Waals surface area contributed by atoms with E-state index in [1.54, 1.807) is 40.7 Å². The summed E-state index contributed by atoms with van der Waals surface area (Å²) in [6.07, 6.45) is 0. The maximum atomic E-state index is 12.9. The first-order chi connectivity index (χ1) is 11.1. The number of nitrogens with zero attached hydrogens (tertiary/aromatic N) is 1. The molecule has 0 bridgehead atoms. The summed E-state index contributed by atoms with van der Waals surface area (Å²) in [7, 11) is -3.39. The van der Waals surface area contributed by atoms with Crippen LogP contribution < -0.4 is 4.90 Å². The van der Waals surface area contributed by atoms with E-state index in [2.05, 4.69) is 0 Å². The molecule has 0 amide bonds. The Morgan fingerprint density at radius 2 is 1.57 bits per heavy atom. The van der Waals surface area contributed by atoms with Crippen LogP contribution in [0.4, 0.5) is 4.39 Å². The summed E-state index contributed by atoms with van der Waals surface area (Å²) in [5.41, 5.74) is 1.07. The summed E-state index contributed by atoms with van der Waals surface area (Å²) in [6.45, 7) is 3.31. The van der Waals surface area contributed by atoms with Crippen molar-refractivity contribution < 1.29 is 17.7 Å². The fraction of sp³-hybridized carbons (Fsp3) is 0.294. The van der Waals surface area contributed by atoms with E-state index in [0.29, 0.717) is 18.0 Å². The molecule has 1 saturated heterocycles. The fourth-order valence-corrected chi connectivity index (χ4v) is 4.31. The Bertz CT molecular complexity index is 740. The first-order valence-electron chi connectivity index (χ1n) is 7.69. The Balaban J connectivity index is 1.61. The third kappa shape index (κ3) is 3.77. The predicted octanol–water partition coefficient (Wildman–Crippen LogP) is 0.915. The van der Waals surface area contributed by atoms with Gasteiger partial charge in [0, 0.05) is 5.56 Å². The number of nitrogens with one attached hydrogen (secondary N) is 1. The Morgan fingerprint density at radius 3 is 2.17 bits per heavy atom. The summed E-state index contributed by atoms with van der Waals surface area (Å²) in [6, 6.07) is 15.1. The second-order valence-corrected chi connectivity index (χ2v) is 7.71. The molecule has 23 heavy (non-hydrogen) atoms. The monoisotopic (exact) mass is 335 g/mol.